The molecule has 0 saturated carbocycles. The van der Waals surface area contributed by atoms with Crippen LogP contribution in [0.15, 0.2) is 48.5 Å². The number of hydrogen-bond acceptors (Lipinski definition) is 5. The molecule has 2 aromatic rings. The maximum atomic E-state index is 12.6. The Morgan fingerprint density at radius 1 is 1.17 bits per heavy atom. The first-order chi connectivity index (χ1) is 11.5. The summed E-state index contributed by atoms with van der Waals surface area (Å²) in [6.07, 6.45) is 0. The monoisotopic (exact) mass is 342 g/mol. The number of nitrogens with zero attached hydrogens (tertiary/aromatic N) is 1. The summed E-state index contributed by atoms with van der Waals surface area (Å²) >= 11 is 0.870. The van der Waals surface area contributed by atoms with Crippen molar-refractivity contribution < 1.29 is 19.5 Å². The zero-order chi connectivity index (χ0) is 17.3. The highest BCUT2D eigenvalue weighted by Gasteiger charge is 2.40. The van der Waals surface area contributed by atoms with Crippen LogP contribution in [0.3, 0.4) is 0 Å². The van der Waals surface area contributed by atoms with Gasteiger partial charge in [-0.25, -0.2) is 9.69 Å². The maximum Gasteiger partial charge on any atom is 0.335 e. The molecule has 0 aliphatic carbocycles. The minimum atomic E-state index is -1.05. The highest BCUT2D eigenvalue weighted by molar-refractivity contribution is 8.16. The molecule has 24 heavy (non-hydrogen) atoms. The van der Waals surface area contributed by atoms with E-state index in [9.17, 15) is 14.4 Å². The number of aromatic carboxylic acids is 1. The number of carbonyl (C=O) groups excluding carboxylic acids is 2. The normalized spacial score (nSPS) is 17.2. The topological polar surface area (TPSA) is 86.7 Å². The molecule has 1 aliphatic rings. The Balaban J connectivity index is 1.82. The maximum absolute atomic E-state index is 12.6. The minimum Gasteiger partial charge on any atom is -0.478 e. The van der Waals surface area contributed by atoms with Crippen LogP contribution in [0.4, 0.5) is 16.2 Å². The number of carbonyl (C=O) groups is 3. The first-order valence-corrected chi connectivity index (χ1v) is 8.05. The summed E-state index contributed by atoms with van der Waals surface area (Å²) in [6, 6.07) is 13.3. The summed E-state index contributed by atoms with van der Waals surface area (Å²) in [7, 11) is 0. The average molecular weight is 342 g/mol. The van der Waals surface area contributed by atoms with Gasteiger partial charge in [-0.05, 0) is 54.6 Å². The van der Waals surface area contributed by atoms with Gasteiger partial charge in [0.1, 0.15) is 0 Å². The second kappa shape index (κ2) is 6.37. The molecule has 1 saturated heterocycles. The van der Waals surface area contributed by atoms with Crippen LogP contribution in [0.25, 0.3) is 0 Å². The number of aryl methyl sites for hydroxylation is 1. The quantitative estimate of drug-likeness (QED) is 0.886. The van der Waals surface area contributed by atoms with Gasteiger partial charge in [0.2, 0.25) is 0 Å². The van der Waals surface area contributed by atoms with Crippen LogP contribution in [-0.2, 0) is 4.79 Å². The lowest BCUT2D eigenvalue weighted by Gasteiger charge is -2.15. The molecule has 0 radical (unpaired) electrons. The predicted octanol–water partition coefficient (Wildman–Crippen LogP) is 3.33. The molecule has 2 aromatic carbocycles. The molecule has 2 N–H and O–H groups in total. The number of anilines is 2. The predicted molar refractivity (Wildman–Crippen MR) is 92.5 cm³/mol. The standard InChI is InChI=1S/C17H14N2O4S/c1-10-4-2-7-13(8-10)19-15(20)14(24-17(19)23)18-12-6-3-5-11(9-12)16(21)22/h2-9,14,18H,1H3,(H,21,22)/t14-/m0/s1. The van der Waals surface area contributed by atoms with Gasteiger partial charge >= 0.3 is 5.97 Å². The number of carboxylic acids is 1. The van der Waals surface area contributed by atoms with Crippen LogP contribution >= 0.6 is 11.8 Å². The Morgan fingerprint density at radius 3 is 2.62 bits per heavy atom. The lowest BCUT2D eigenvalue weighted by Crippen LogP contribution is -2.34. The smallest absolute Gasteiger partial charge is 0.335 e. The van der Waals surface area contributed by atoms with Crippen LogP contribution in [0.1, 0.15) is 15.9 Å². The van der Waals surface area contributed by atoms with E-state index in [1.54, 1.807) is 30.3 Å². The van der Waals surface area contributed by atoms with E-state index in [2.05, 4.69) is 5.32 Å². The zero-order valence-corrected chi connectivity index (χ0v) is 13.5. The van der Waals surface area contributed by atoms with Crippen molar-refractivity contribution in [2.24, 2.45) is 0 Å². The van der Waals surface area contributed by atoms with Gasteiger partial charge in [-0.2, -0.15) is 0 Å². The third-order valence-electron chi connectivity index (χ3n) is 3.51. The second-order valence-corrected chi connectivity index (χ2v) is 6.36. The summed E-state index contributed by atoms with van der Waals surface area (Å²) in [5, 5.41) is 10.8. The lowest BCUT2D eigenvalue weighted by atomic mass is 10.2. The summed E-state index contributed by atoms with van der Waals surface area (Å²) in [6.45, 7) is 1.88. The van der Waals surface area contributed by atoms with Crippen molar-refractivity contribution in [2.75, 3.05) is 10.2 Å². The van der Waals surface area contributed by atoms with Crippen molar-refractivity contribution in [3.05, 3.63) is 59.7 Å². The average Bonchev–Trinajstić information content (AvgIpc) is 2.81. The highest BCUT2D eigenvalue weighted by Crippen LogP contribution is 2.32. The molecule has 0 bridgehead atoms. The van der Waals surface area contributed by atoms with E-state index < -0.39 is 11.3 Å². The summed E-state index contributed by atoms with van der Waals surface area (Å²) < 4.78 is 0. The fourth-order valence-corrected chi connectivity index (χ4v) is 3.30. The Morgan fingerprint density at radius 2 is 1.92 bits per heavy atom. The number of imide groups is 1. The molecule has 7 heteroatoms. The molecular weight excluding hydrogens is 328 g/mol. The molecule has 2 amide bonds. The summed E-state index contributed by atoms with van der Waals surface area (Å²) in [5.74, 6) is -1.43. The van der Waals surface area contributed by atoms with E-state index in [1.165, 1.54) is 12.1 Å². The SMILES string of the molecule is Cc1cccc(N2C(=O)S[C@H](Nc3cccc(C(=O)O)c3)C2=O)c1. The van der Waals surface area contributed by atoms with E-state index in [0.717, 1.165) is 22.2 Å². The first-order valence-electron chi connectivity index (χ1n) is 7.17. The van der Waals surface area contributed by atoms with Crippen LogP contribution in [0.5, 0.6) is 0 Å². The van der Waals surface area contributed by atoms with Gasteiger partial charge in [-0.15, -0.1) is 0 Å². The molecule has 1 aliphatic heterocycles. The van der Waals surface area contributed by atoms with E-state index >= 15 is 0 Å². The molecule has 0 unspecified atom stereocenters. The van der Waals surface area contributed by atoms with E-state index in [4.69, 9.17) is 5.11 Å². The molecule has 1 fully saturated rings. The van der Waals surface area contributed by atoms with Crippen molar-refractivity contribution in [1.82, 2.24) is 0 Å². The fourth-order valence-electron chi connectivity index (χ4n) is 2.40. The zero-order valence-electron chi connectivity index (χ0n) is 12.7. The number of benzene rings is 2. The van der Waals surface area contributed by atoms with E-state index in [1.807, 2.05) is 13.0 Å². The van der Waals surface area contributed by atoms with Crippen molar-refractivity contribution >= 4 is 40.3 Å². The molecule has 122 valence electrons. The first kappa shape index (κ1) is 16.1. The molecule has 6 nitrogen and oxygen atoms in total. The van der Waals surface area contributed by atoms with Gasteiger partial charge < -0.3 is 10.4 Å². The third-order valence-corrected chi connectivity index (χ3v) is 4.45. The lowest BCUT2D eigenvalue weighted by molar-refractivity contribution is -0.116. The number of amides is 2. The molecule has 1 atom stereocenters. The van der Waals surface area contributed by atoms with Gasteiger partial charge in [0, 0.05) is 5.69 Å². The van der Waals surface area contributed by atoms with Gasteiger partial charge in [0.15, 0.2) is 5.37 Å². The summed E-state index contributed by atoms with van der Waals surface area (Å²) in [5.41, 5.74) is 2.06. The van der Waals surface area contributed by atoms with E-state index in [0.29, 0.717) is 11.4 Å². The highest BCUT2D eigenvalue weighted by atomic mass is 32.2. The molecule has 0 aromatic heterocycles. The van der Waals surface area contributed by atoms with Crippen LogP contribution in [0.2, 0.25) is 0 Å². The van der Waals surface area contributed by atoms with Gasteiger partial charge in [0.25, 0.3) is 11.1 Å². The fraction of sp³-hybridized carbons (Fsp3) is 0.118. The Labute approximate surface area is 142 Å². The number of hydrogen-bond donors (Lipinski definition) is 2. The van der Waals surface area contributed by atoms with E-state index in [-0.39, 0.29) is 16.7 Å². The van der Waals surface area contributed by atoms with Crippen LogP contribution in [-0.4, -0.2) is 27.6 Å². The molecule has 3 rings (SSSR count). The van der Waals surface area contributed by atoms with Crippen molar-refractivity contribution in [2.45, 2.75) is 12.3 Å². The van der Waals surface area contributed by atoms with Gasteiger partial charge in [-0.1, -0.05) is 18.2 Å². The Kier molecular flexibility index (Phi) is 4.26. The molecular formula is C17H14N2O4S. The van der Waals surface area contributed by atoms with Crippen molar-refractivity contribution in [3.63, 3.8) is 0 Å². The third kappa shape index (κ3) is 3.11. The second-order valence-electron chi connectivity index (χ2n) is 5.31. The minimum absolute atomic E-state index is 0.109. The largest absolute Gasteiger partial charge is 0.478 e. The van der Waals surface area contributed by atoms with Crippen molar-refractivity contribution in [1.29, 1.82) is 0 Å². The number of rotatable bonds is 4. The number of thioether (sulfide) groups is 1. The van der Waals surface area contributed by atoms with Crippen molar-refractivity contribution in [3.8, 4) is 0 Å². The summed E-state index contributed by atoms with van der Waals surface area (Å²) in [4.78, 5) is 36.9. The molecule has 0 spiro atoms. The van der Waals surface area contributed by atoms with Gasteiger partial charge in [-0.3, -0.25) is 9.59 Å². The van der Waals surface area contributed by atoms with Gasteiger partial charge in [0.05, 0.1) is 11.3 Å². The Hall–Kier alpha value is -2.80. The van der Waals surface area contributed by atoms with Crippen LogP contribution < -0.4 is 10.2 Å². The van der Waals surface area contributed by atoms with Crippen LogP contribution in [0, 0.1) is 6.92 Å². The molecule has 1 heterocycles. The number of nitrogens with one attached hydrogen (secondary N) is 1. The number of carboxylic acid groups (broad SMARTS) is 1. The Bertz CT molecular complexity index is 837.